The molecule has 1 aromatic carbocycles. The summed E-state index contributed by atoms with van der Waals surface area (Å²) in [5.41, 5.74) is 0.349. The largest absolute Gasteiger partial charge is 0.377 e. The van der Waals surface area contributed by atoms with Gasteiger partial charge in [-0.2, -0.15) is 0 Å². The summed E-state index contributed by atoms with van der Waals surface area (Å²) in [6.45, 7) is 3.66. The SMILES string of the molecule is C[C@@H]1COCCN1C(=O)c1ccc(Sc2ccccc2Cl)nn1. The van der Waals surface area contributed by atoms with Crippen molar-refractivity contribution in [2.45, 2.75) is 22.9 Å². The smallest absolute Gasteiger partial charge is 0.274 e. The van der Waals surface area contributed by atoms with Crippen molar-refractivity contribution >= 4 is 29.3 Å². The van der Waals surface area contributed by atoms with Gasteiger partial charge in [-0.15, -0.1) is 10.2 Å². The fourth-order valence-electron chi connectivity index (χ4n) is 2.30. The Hall–Kier alpha value is -1.63. The summed E-state index contributed by atoms with van der Waals surface area (Å²) in [7, 11) is 0. The highest BCUT2D eigenvalue weighted by molar-refractivity contribution is 7.99. The highest BCUT2D eigenvalue weighted by atomic mass is 35.5. The Balaban J connectivity index is 1.72. The molecule has 0 N–H and O–H groups in total. The number of morpholine rings is 1. The number of benzene rings is 1. The van der Waals surface area contributed by atoms with E-state index >= 15 is 0 Å². The molecular weight excluding hydrogens is 334 g/mol. The van der Waals surface area contributed by atoms with E-state index in [9.17, 15) is 4.79 Å². The maximum atomic E-state index is 12.5. The van der Waals surface area contributed by atoms with Gasteiger partial charge in [-0.3, -0.25) is 4.79 Å². The van der Waals surface area contributed by atoms with Gasteiger partial charge in [-0.1, -0.05) is 35.5 Å². The van der Waals surface area contributed by atoms with E-state index in [0.717, 1.165) is 4.90 Å². The normalized spacial score (nSPS) is 18.0. The number of ether oxygens (including phenoxy) is 1. The van der Waals surface area contributed by atoms with E-state index in [0.29, 0.717) is 35.5 Å². The third-order valence-corrected chi connectivity index (χ3v) is 4.98. The molecule has 1 aliphatic rings. The molecule has 1 amide bonds. The van der Waals surface area contributed by atoms with Crippen molar-refractivity contribution in [3.05, 3.63) is 47.1 Å². The summed E-state index contributed by atoms with van der Waals surface area (Å²) in [4.78, 5) is 15.2. The van der Waals surface area contributed by atoms with Gasteiger partial charge in [0.25, 0.3) is 5.91 Å². The number of hydrogen-bond donors (Lipinski definition) is 0. The van der Waals surface area contributed by atoms with Crippen LogP contribution in [0, 0.1) is 0 Å². The molecule has 0 aliphatic carbocycles. The molecule has 1 fully saturated rings. The fourth-order valence-corrected chi connectivity index (χ4v) is 3.31. The first-order chi connectivity index (χ1) is 11.1. The number of carbonyl (C=O) groups is 1. The molecule has 0 spiro atoms. The molecule has 2 heterocycles. The summed E-state index contributed by atoms with van der Waals surface area (Å²) < 4.78 is 5.35. The Morgan fingerprint density at radius 3 is 2.83 bits per heavy atom. The van der Waals surface area contributed by atoms with Crippen LogP contribution in [0.15, 0.2) is 46.3 Å². The zero-order valence-electron chi connectivity index (χ0n) is 12.6. The van der Waals surface area contributed by atoms with E-state index in [-0.39, 0.29) is 11.9 Å². The zero-order chi connectivity index (χ0) is 16.2. The molecule has 7 heteroatoms. The predicted molar refractivity (Wildman–Crippen MR) is 88.9 cm³/mol. The van der Waals surface area contributed by atoms with Crippen LogP contribution in [-0.2, 0) is 4.74 Å². The monoisotopic (exact) mass is 349 g/mol. The lowest BCUT2D eigenvalue weighted by molar-refractivity contribution is 0.00319. The molecular formula is C16H16ClN3O2S. The first-order valence-electron chi connectivity index (χ1n) is 7.30. The van der Waals surface area contributed by atoms with Crippen molar-refractivity contribution in [1.82, 2.24) is 15.1 Å². The standard InChI is InChI=1S/C16H16ClN3O2S/c1-11-10-22-9-8-20(11)16(21)13-6-7-15(19-18-13)23-14-5-3-2-4-12(14)17/h2-7,11H,8-10H2,1H3/t11-/m1/s1. The first-order valence-corrected chi connectivity index (χ1v) is 8.49. The second-order valence-corrected chi connectivity index (χ2v) is 6.68. The zero-order valence-corrected chi connectivity index (χ0v) is 14.2. The van der Waals surface area contributed by atoms with E-state index in [1.165, 1.54) is 11.8 Å². The predicted octanol–water partition coefficient (Wildman–Crippen LogP) is 3.14. The molecule has 1 aromatic heterocycles. The molecule has 120 valence electrons. The van der Waals surface area contributed by atoms with Crippen LogP contribution in [0.4, 0.5) is 0 Å². The highest BCUT2D eigenvalue weighted by Crippen LogP contribution is 2.31. The molecule has 5 nitrogen and oxygen atoms in total. The van der Waals surface area contributed by atoms with Crippen LogP contribution in [0.1, 0.15) is 17.4 Å². The second kappa shape index (κ2) is 7.29. The number of nitrogens with zero attached hydrogens (tertiary/aromatic N) is 3. The summed E-state index contributed by atoms with van der Waals surface area (Å²) in [5, 5.41) is 9.57. The van der Waals surface area contributed by atoms with Crippen molar-refractivity contribution in [2.75, 3.05) is 19.8 Å². The van der Waals surface area contributed by atoms with Crippen LogP contribution in [0.5, 0.6) is 0 Å². The lowest BCUT2D eigenvalue weighted by Crippen LogP contribution is -2.47. The van der Waals surface area contributed by atoms with Crippen LogP contribution in [-0.4, -0.2) is 46.8 Å². The number of amides is 1. The number of carbonyl (C=O) groups excluding carboxylic acids is 1. The number of hydrogen-bond acceptors (Lipinski definition) is 5. The molecule has 0 unspecified atom stereocenters. The average Bonchev–Trinajstić information content (AvgIpc) is 2.57. The van der Waals surface area contributed by atoms with Gasteiger partial charge in [-0.25, -0.2) is 0 Å². The Morgan fingerprint density at radius 2 is 2.13 bits per heavy atom. The molecule has 3 rings (SSSR count). The van der Waals surface area contributed by atoms with Gasteiger partial charge in [0.2, 0.25) is 0 Å². The number of rotatable bonds is 3. The highest BCUT2D eigenvalue weighted by Gasteiger charge is 2.25. The van der Waals surface area contributed by atoms with E-state index in [1.54, 1.807) is 17.0 Å². The van der Waals surface area contributed by atoms with Crippen LogP contribution in [0.2, 0.25) is 5.02 Å². The lowest BCUT2D eigenvalue weighted by Gasteiger charge is -2.32. The minimum atomic E-state index is -0.109. The van der Waals surface area contributed by atoms with Gasteiger partial charge >= 0.3 is 0 Å². The maximum Gasteiger partial charge on any atom is 0.274 e. The molecule has 1 saturated heterocycles. The van der Waals surface area contributed by atoms with Gasteiger partial charge in [-0.05, 0) is 31.2 Å². The van der Waals surface area contributed by atoms with Gasteiger partial charge in [0.15, 0.2) is 5.69 Å². The molecule has 23 heavy (non-hydrogen) atoms. The van der Waals surface area contributed by atoms with E-state index < -0.39 is 0 Å². The van der Waals surface area contributed by atoms with Crippen molar-refractivity contribution in [3.63, 3.8) is 0 Å². The molecule has 1 aliphatic heterocycles. The first kappa shape index (κ1) is 16.2. The number of halogens is 1. The van der Waals surface area contributed by atoms with Gasteiger partial charge in [0.1, 0.15) is 5.03 Å². The molecule has 0 saturated carbocycles. The Morgan fingerprint density at radius 1 is 1.30 bits per heavy atom. The Kier molecular flexibility index (Phi) is 5.15. The van der Waals surface area contributed by atoms with E-state index in [4.69, 9.17) is 16.3 Å². The fraction of sp³-hybridized carbons (Fsp3) is 0.312. The van der Waals surface area contributed by atoms with Crippen LogP contribution < -0.4 is 0 Å². The Labute approximate surface area is 144 Å². The number of aromatic nitrogens is 2. The second-order valence-electron chi connectivity index (χ2n) is 5.21. The van der Waals surface area contributed by atoms with Crippen LogP contribution in [0.25, 0.3) is 0 Å². The summed E-state index contributed by atoms with van der Waals surface area (Å²) in [6, 6.07) is 11.1. The van der Waals surface area contributed by atoms with Crippen molar-refractivity contribution in [1.29, 1.82) is 0 Å². The molecule has 2 aromatic rings. The summed E-state index contributed by atoms with van der Waals surface area (Å²) >= 11 is 7.55. The third-order valence-electron chi connectivity index (χ3n) is 3.54. The maximum absolute atomic E-state index is 12.5. The molecule has 0 bridgehead atoms. The minimum absolute atomic E-state index is 0.0511. The topological polar surface area (TPSA) is 55.3 Å². The van der Waals surface area contributed by atoms with Crippen LogP contribution >= 0.6 is 23.4 Å². The summed E-state index contributed by atoms with van der Waals surface area (Å²) in [5.74, 6) is -0.109. The van der Waals surface area contributed by atoms with Gasteiger partial charge < -0.3 is 9.64 Å². The van der Waals surface area contributed by atoms with E-state index in [1.807, 2.05) is 31.2 Å². The Bertz CT molecular complexity index is 696. The van der Waals surface area contributed by atoms with Gasteiger partial charge in [0.05, 0.1) is 24.3 Å². The average molecular weight is 350 g/mol. The van der Waals surface area contributed by atoms with Crippen molar-refractivity contribution < 1.29 is 9.53 Å². The lowest BCUT2D eigenvalue weighted by atomic mass is 10.2. The van der Waals surface area contributed by atoms with Crippen molar-refractivity contribution in [2.24, 2.45) is 0 Å². The van der Waals surface area contributed by atoms with Gasteiger partial charge in [0, 0.05) is 11.4 Å². The summed E-state index contributed by atoms with van der Waals surface area (Å²) in [6.07, 6.45) is 0. The van der Waals surface area contributed by atoms with E-state index in [2.05, 4.69) is 10.2 Å². The molecule has 1 atom stereocenters. The quantitative estimate of drug-likeness (QED) is 0.852. The van der Waals surface area contributed by atoms with Crippen LogP contribution in [0.3, 0.4) is 0 Å². The molecule has 0 radical (unpaired) electrons. The van der Waals surface area contributed by atoms with Crippen molar-refractivity contribution in [3.8, 4) is 0 Å². The third kappa shape index (κ3) is 3.83. The minimum Gasteiger partial charge on any atom is -0.377 e.